The maximum absolute atomic E-state index is 13.3. The highest BCUT2D eigenvalue weighted by Gasteiger charge is 2.31. The maximum Gasteiger partial charge on any atom is 0.416 e. The molecule has 5 nitrogen and oxygen atoms in total. The topological polar surface area (TPSA) is 74.9 Å². The number of alkyl halides is 3. The molecule has 1 atom stereocenters. The van der Waals surface area contributed by atoms with Crippen LogP contribution >= 0.6 is 0 Å². The Hall–Kier alpha value is -3.86. The number of aromatic nitrogens is 1. The van der Waals surface area contributed by atoms with Gasteiger partial charge in [-0.2, -0.15) is 18.4 Å². The summed E-state index contributed by atoms with van der Waals surface area (Å²) < 4.78 is 41.5. The molecule has 0 fully saturated rings. The van der Waals surface area contributed by atoms with Crippen LogP contribution < -0.4 is 10.7 Å². The summed E-state index contributed by atoms with van der Waals surface area (Å²) in [5.41, 5.74) is 0.0913. The number of pyridine rings is 1. The predicted octanol–water partition coefficient (Wildman–Crippen LogP) is 4.68. The van der Waals surface area contributed by atoms with E-state index in [1.54, 1.807) is 35.8 Å². The molecule has 0 bridgehead atoms. The summed E-state index contributed by atoms with van der Waals surface area (Å²) in [6, 6.07) is 13.0. The number of carbonyl (C=O) groups excluding carboxylic acids is 1. The standard InChI is InChI=1S/C24H20F3N3O2/c1-14(17-9-7-16(12-28)8-10-17)30-13-20(23(32)29-3)22(31)21(15(30)2)18-5-4-6-19(11-18)24(25,26)27/h4-11,13-14H,1-3H3,(H,29,32). The summed E-state index contributed by atoms with van der Waals surface area (Å²) in [4.78, 5) is 25.6. The van der Waals surface area contributed by atoms with Gasteiger partial charge in [-0.3, -0.25) is 9.59 Å². The molecule has 2 aromatic carbocycles. The smallest absolute Gasteiger partial charge is 0.355 e. The second-order valence-corrected chi connectivity index (χ2v) is 7.31. The van der Waals surface area contributed by atoms with Gasteiger partial charge in [-0.15, -0.1) is 0 Å². The fourth-order valence-corrected chi connectivity index (χ4v) is 3.61. The molecule has 164 valence electrons. The minimum absolute atomic E-state index is 0.0256. The lowest BCUT2D eigenvalue weighted by atomic mass is 9.97. The van der Waals surface area contributed by atoms with Gasteiger partial charge in [0.15, 0.2) is 0 Å². The van der Waals surface area contributed by atoms with Crippen molar-refractivity contribution in [2.24, 2.45) is 0 Å². The van der Waals surface area contributed by atoms with Crippen molar-refractivity contribution >= 4 is 5.91 Å². The first-order valence-corrected chi connectivity index (χ1v) is 9.74. The van der Waals surface area contributed by atoms with Gasteiger partial charge >= 0.3 is 6.18 Å². The van der Waals surface area contributed by atoms with E-state index in [9.17, 15) is 22.8 Å². The molecule has 0 saturated carbocycles. The van der Waals surface area contributed by atoms with Crippen LogP contribution in [0.4, 0.5) is 13.2 Å². The van der Waals surface area contributed by atoms with Gasteiger partial charge in [-0.1, -0.05) is 24.3 Å². The fourth-order valence-electron chi connectivity index (χ4n) is 3.61. The maximum atomic E-state index is 13.3. The second kappa shape index (κ2) is 8.71. The number of benzene rings is 2. The third-order valence-electron chi connectivity index (χ3n) is 5.38. The number of carbonyl (C=O) groups is 1. The van der Waals surface area contributed by atoms with Gasteiger partial charge in [0.2, 0.25) is 5.43 Å². The summed E-state index contributed by atoms with van der Waals surface area (Å²) in [6.45, 7) is 3.47. The van der Waals surface area contributed by atoms with Crippen molar-refractivity contribution in [3.63, 3.8) is 0 Å². The molecule has 0 aliphatic heterocycles. The Kier molecular flexibility index (Phi) is 6.21. The van der Waals surface area contributed by atoms with E-state index in [-0.39, 0.29) is 22.7 Å². The van der Waals surface area contributed by atoms with Crippen molar-refractivity contribution in [3.05, 3.63) is 92.9 Å². The van der Waals surface area contributed by atoms with E-state index < -0.39 is 23.1 Å². The van der Waals surface area contributed by atoms with Gasteiger partial charge in [-0.25, -0.2) is 0 Å². The van der Waals surface area contributed by atoms with Crippen molar-refractivity contribution in [1.29, 1.82) is 5.26 Å². The Balaban J connectivity index is 2.27. The van der Waals surface area contributed by atoms with Crippen LogP contribution in [0, 0.1) is 18.3 Å². The lowest BCUT2D eigenvalue weighted by Gasteiger charge is -2.23. The van der Waals surface area contributed by atoms with Crippen LogP contribution in [-0.2, 0) is 6.18 Å². The number of nitriles is 1. The molecule has 0 spiro atoms. The molecule has 0 aliphatic carbocycles. The third kappa shape index (κ3) is 4.28. The molecule has 8 heteroatoms. The highest BCUT2D eigenvalue weighted by molar-refractivity contribution is 5.95. The second-order valence-electron chi connectivity index (χ2n) is 7.31. The average Bonchev–Trinajstić information content (AvgIpc) is 2.78. The number of nitrogens with zero attached hydrogens (tertiary/aromatic N) is 2. The molecule has 3 aromatic rings. The highest BCUT2D eigenvalue weighted by Crippen LogP contribution is 2.33. The number of hydrogen-bond acceptors (Lipinski definition) is 3. The first kappa shape index (κ1) is 22.8. The summed E-state index contributed by atoms with van der Waals surface area (Å²) in [7, 11) is 1.37. The van der Waals surface area contributed by atoms with Crippen LogP contribution in [0.5, 0.6) is 0 Å². The van der Waals surface area contributed by atoms with Crippen LogP contribution in [-0.4, -0.2) is 17.5 Å². The van der Waals surface area contributed by atoms with E-state index in [2.05, 4.69) is 5.32 Å². The zero-order chi connectivity index (χ0) is 23.6. The quantitative estimate of drug-likeness (QED) is 0.641. The molecule has 1 unspecified atom stereocenters. The Labute approximate surface area is 182 Å². The van der Waals surface area contributed by atoms with E-state index in [1.165, 1.54) is 25.4 Å². The zero-order valence-electron chi connectivity index (χ0n) is 17.6. The first-order chi connectivity index (χ1) is 15.1. The van der Waals surface area contributed by atoms with E-state index in [4.69, 9.17) is 5.26 Å². The molecule has 32 heavy (non-hydrogen) atoms. The summed E-state index contributed by atoms with van der Waals surface area (Å²) in [6.07, 6.45) is -3.16. The lowest BCUT2D eigenvalue weighted by molar-refractivity contribution is -0.137. The molecule has 1 amide bonds. The van der Waals surface area contributed by atoms with E-state index in [0.29, 0.717) is 11.3 Å². The molecule has 0 aliphatic rings. The van der Waals surface area contributed by atoms with E-state index >= 15 is 0 Å². The van der Waals surface area contributed by atoms with Crippen LogP contribution in [0.3, 0.4) is 0 Å². The molecular formula is C24H20F3N3O2. The van der Waals surface area contributed by atoms with Crippen molar-refractivity contribution in [2.75, 3.05) is 7.05 Å². The Morgan fingerprint density at radius 2 is 1.81 bits per heavy atom. The predicted molar refractivity (Wildman–Crippen MR) is 114 cm³/mol. The Morgan fingerprint density at radius 1 is 1.16 bits per heavy atom. The number of amides is 1. The number of halogens is 3. The minimum atomic E-state index is -4.57. The van der Waals surface area contributed by atoms with Gasteiger partial charge in [0.1, 0.15) is 5.56 Å². The molecule has 0 saturated heterocycles. The molecule has 3 rings (SSSR count). The largest absolute Gasteiger partial charge is 0.416 e. The highest BCUT2D eigenvalue weighted by atomic mass is 19.4. The van der Waals surface area contributed by atoms with E-state index in [0.717, 1.165) is 17.7 Å². The van der Waals surface area contributed by atoms with E-state index in [1.807, 2.05) is 13.0 Å². The van der Waals surface area contributed by atoms with Gasteiger partial charge in [0.25, 0.3) is 5.91 Å². The Morgan fingerprint density at radius 3 is 2.38 bits per heavy atom. The minimum Gasteiger partial charge on any atom is -0.355 e. The first-order valence-electron chi connectivity index (χ1n) is 9.74. The van der Waals surface area contributed by atoms with Crippen LogP contribution in [0.25, 0.3) is 11.1 Å². The van der Waals surface area contributed by atoms with Crippen molar-refractivity contribution in [3.8, 4) is 17.2 Å². The SMILES string of the molecule is CNC(=O)c1cn(C(C)c2ccc(C#N)cc2)c(C)c(-c2cccc(C(F)(F)F)c2)c1=O. The zero-order valence-corrected chi connectivity index (χ0v) is 17.6. The van der Waals surface area contributed by atoms with Gasteiger partial charge in [0, 0.05) is 24.5 Å². The summed E-state index contributed by atoms with van der Waals surface area (Å²) in [5.74, 6) is -0.635. The lowest BCUT2D eigenvalue weighted by Crippen LogP contribution is -2.29. The average molecular weight is 439 g/mol. The number of hydrogen-bond donors (Lipinski definition) is 1. The van der Waals surface area contributed by atoms with Crippen LogP contribution in [0.1, 0.15) is 45.7 Å². The van der Waals surface area contributed by atoms with Gasteiger partial charge in [-0.05, 0) is 49.2 Å². The summed E-state index contributed by atoms with van der Waals surface area (Å²) in [5, 5.41) is 11.4. The van der Waals surface area contributed by atoms with Crippen LogP contribution in [0.15, 0.2) is 59.5 Å². The van der Waals surface area contributed by atoms with Gasteiger partial charge in [0.05, 0.1) is 23.2 Å². The van der Waals surface area contributed by atoms with Crippen molar-refractivity contribution in [2.45, 2.75) is 26.1 Å². The monoisotopic (exact) mass is 439 g/mol. The molecule has 1 heterocycles. The third-order valence-corrected chi connectivity index (χ3v) is 5.38. The number of rotatable bonds is 4. The summed E-state index contributed by atoms with van der Waals surface area (Å²) >= 11 is 0. The van der Waals surface area contributed by atoms with Crippen molar-refractivity contribution < 1.29 is 18.0 Å². The van der Waals surface area contributed by atoms with Crippen molar-refractivity contribution in [1.82, 2.24) is 9.88 Å². The van der Waals surface area contributed by atoms with Gasteiger partial charge < -0.3 is 9.88 Å². The molecule has 0 radical (unpaired) electrons. The molecular weight excluding hydrogens is 419 g/mol. The number of nitrogens with one attached hydrogen (secondary N) is 1. The molecule has 1 aromatic heterocycles. The Bertz CT molecular complexity index is 1270. The van der Waals surface area contributed by atoms with Crippen LogP contribution in [0.2, 0.25) is 0 Å². The molecule has 1 N–H and O–H groups in total. The fraction of sp³-hybridized carbons (Fsp3) is 0.208. The normalized spacial score (nSPS) is 12.2.